The van der Waals surface area contributed by atoms with E-state index in [1.165, 1.54) is 0 Å². The van der Waals surface area contributed by atoms with Gasteiger partial charge in [-0.15, -0.1) is 0 Å². The second-order valence-corrected chi connectivity index (χ2v) is 3.47. The number of nitrogen functional groups attached to an aromatic ring is 1. The number of hydrogen-bond acceptors (Lipinski definition) is 3. The van der Waals surface area contributed by atoms with Gasteiger partial charge < -0.3 is 16.2 Å². The van der Waals surface area contributed by atoms with Gasteiger partial charge in [-0.2, -0.15) is 13.2 Å². The molecule has 18 heavy (non-hydrogen) atoms. The highest BCUT2D eigenvalue weighted by Gasteiger charge is 2.34. The summed E-state index contributed by atoms with van der Waals surface area (Å²) in [6.45, 7) is 1.05. The van der Waals surface area contributed by atoms with Crippen molar-refractivity contribution in [3.05, 3.63) is 23.3 Å². The molecule has 5 nitrogen and oxygen atoms in total. The zero-order valence-corrected chi connectivity index (χ0v) is 9.13. The number of carboxylic acid groups (broad SMARTS) is 1. The zero-order valence-electron chi connectivity index (χ0n) is 9.13. The second kappa shape index (κ2) is 4.55. The fourth-order valence-electron chi connectivity index (χ4n) is 1.33. The second-order valence-electron chi connectivity index (χ2n) is 3.47. The summed E-state index contributed by atoms with van der Waals surface area (Å²) in [6, 6.07) is 1.16. The number of carboxylic acids is 1. The van der Waals surface area contributed by atoms with Crippen molar-refractivity contribution in [2.45, 2.75) is 13.1 Å². The van der Waals surface area contributed by atoms with E-state index in [9.17, 15) is 22.8 Å². The summed E-state index contributed by atoms with van der Waals surface area (Å²) in [4.78, 5) is 21.6. The maximum absolute atomic E-state index is 12.6. The molecule has 0 aliphatic rings. The van der Waals surface area contributed by atoms with Gasteiger partial charge in [0.2, 0.25) is 5.91 Å². The normalized spacial score (nSPS) is 11.1. The van der Waals surface area contributed by atoms with Crippen LogP contribution in [-0.2, 0) is 11.0 Å². The molecule has 1 amide bonds. The number of benzene rings is 1. The lowest BCUT2D eigenvalue weighted by molar-refractivity contribution is -0.137. The summed E-state index contributed by atoms with van der Waals surface area (Å²) in [5, 5.41) is 10.8. The Hall–Kier alpha value is -2.25. The number of amides is 1. The lowest BCUT2D eigenvalue weighted by Crippen LogP contribution is -2.15. The number of nitrogens with one attached hydrogen (secondary N) is 1. The Balaban J connectivity index is 3.45. The highest BCUT2D eigenvalue weighted by Crippen LogP contribution is 2.36. The van der Waals surface area contributed by atoms with E-state index in [0.29, 0.717) is 12.1 Å². The minimum atomic E-state index is -4.73. The Morgan fingerprint density at radius 1 is 1.33 bits per heavy atom. The first-order valence-corrected chi connectivity index (χ1v) is 4.64. The molecule has 4 N–H and O–H groups in total. The minimum Gasteiger partial charge on any atom is -0.478 e. The molecule has 0 unspecified atom stereocenters. The molecule has 1 aromatic rings. The van der Waals surface area contributed by atoms with Crippen LogP contribution in [0.3, 0.4) is 0 Å². The summed E-state index contributed by atoms with van der Waals surface area (Å²) in [5.74, 6) is -2.17. The third-order valence-corrected chi connectivity index (χ3v) is 2.04. The summed E-state index contributed by atoms with van der Waals surface area (Å²) in [7, 11) is 0. The summed E-state index contributed by atoms with van der Waals surface area (Å²) in [5.41, 5.74) is 2.29. The molecule has 0 atom stereocenters. The average molecular weight is 262 g/mol. The molecule has 0 spiro atoms. The monoisotopic (exact) mass is 262 g/mol. The van der Waals surface area contributed by atoms with Crippen molar-refractivity contribution < 1.29 is 27.9 Å². The van der Waals surface area contributed by atoms with Gasteiger partial charge in [0, 0.05) is 12.6 Å². The van der Waals surface area contributed by atoms with Gasteiger partial charge in [-0.05, 0) is 12.1 Å². The van der Waals surface area contributed by atoms with Crippen LogP contribution in [-0.4, -0.2) is 17.0 Å². The quantitative estimate of drug-likeness (QED) is 0.710. The van der Waals surface area contributed by atoms with Gasteiger partial charge in [0.05, 0.1) is 16.8 Å². The Morgan fingerprint density at radius 2 is 1.89 bits per heavy atom. The van der Waals surface area contributed by atoms with Crippen molar-refractivity contribution in [1.29, 1.82) is 0 Å². The highest BCUT2D eigenvalue weighted by atomic mass is 19.4. The summed E-state index contributed by atoms with van der Waals surface area (Å²) < 4.78 is 37.7. The maximum Gasteiger partial charge on any atom is 0.418 e. The first kappa shape index (κ1) is 13.8. The van der Waals surface area contributed by atoms with Crippen molar-refractivity contribution in [3.63, 3.8) is 0 Å². The Morgan fingerprint density at radius 3 is 2.28 bits per heavy atom. The fourth-order valence-corrected chi connectivity index (χ4v) is 1.33. The first-order chi connectivity index (χ1) is 8.12. The number of carbonyl (C=O) groups excluding carboxylic acids is 1. The lowest BCUT2D eigenvalue weighted by atomic mass is 10.1. The van der Waals surface area contributed by atoms with Crippen molar-refractivity contribution in [2.24, 2.45) is 0 Å². The number of rotatable bonds is 2. The molecule has 1 aromatic carbocycles. The van der Waals surface area contributed by atoms with Crippen LogP contribution in [0, 0.1) is 0 Å². The molecule has 98 valence electrons. The topological polar surface area (TPSA) is 92.4 Å². The van der Waals surface area contributed by atoms with Gasteiger partial charge in [0.15, 0.2) is 0 Å². The Bertz CT molecular complexity index is 512. The predicted octanol–water partition coefficient (Wildman–Crippen LogP) is 1.94. The summed E-state index contributed by atoms with van der Waals surface area (Å²) in [6.07, 6.45) is -4.73. The molecular weight excluding hydrogens is 253 g/mol. The third-order valence-electron chi connectivity index (χ3n) is 2.04. The largest absolute Gasteiger partial charge is 0.478 e. The molecule has 0 fully saturated rings. The van der Waals surface area contributed by atoms with E-state index in [2.05, 4.69) is 0 Å². The van der Waals surface area contributed by atoms with E-state index in [1.54, 1.807) is 0 Å². The standard InChI is InChI=1S/C10H9F3N2O3/c1-4(16)15-8-3-6(10(11,12)13)7(14)2-5(8)9(17)18/h2-3H,14H2,1H3,(H,15,16)(H,17,18). The molecule has 0 heterocycles. The van der Waals surface area contributed by atoms with Crippen LogP contribution in [0.5, 0.6) is 0 Å². The fraction of sp³-hybridized carbons (Fsp3) is 0.200. The number of alkyl halides is 3. The van der Waals surface area contributed by atoms with Crippen LogP contribution in [0.25, 0.3) is 0 Å². The molecule has 0 bridgehead atoms. The van der Waals surface area contributed by atoms with Crippen LogP contribution in [0.2, 0.25) is 0 Å². The lowest BCUT2D eigenvalue weighted by Gasteiger charge is -2.14. The third kappa shape index (κ3) is 2.90. The molecule has 0 aliphatic heterocycles. The SMILES string of the molecule is CC(=O)Nc1cc(C(F)(F)F)c(N)cc1C(=O)O. The van der Waals surface area contributed by atoms with E-state index in [-0.39, 0.29) is 0 Å². The van der Waals surface area contributed by atoms with Crippen molar-refractivity contribution in [2.75, 3.05) is 11.1 Å². The molecule has 0 aliphatic carbocycles. The smallest absolute Gasteiger partial charge is 0.418 e. The molecule has 1 rings (SSSR count). The number of anilines is 2. The molecule has 0 radical (unpaired) electrons. The van der Waals surface area contributed by atoms with Crippen LogP contribution in [0.15, 0.2) is 12.1 Å². The maximum atomic E-state index is 12.6. The van der Waals surface area contributed by atoms with E-state index >= 15 is 0 Å². The van der Waals surface area contributed by atoms with Crippen LogP contribution < -0.4 is 11.1 Å². The van der Waals surface area contributed by atoms with Gasteiger partial charge >= 0.3 is 12.1 Å². The molecule has 8 heteroatoms. The Labute approximate surface area is 99.4 Å². The van der Waals surface area contributed by atoms with E-state index < -0.39 is 40.6 Å². The van der Waals surface area contributed by atoms with Crippen molar-refractivity contribution in [3.8, 4) is 0 Å². The molecule has 0 aromatic heterocycles. The number of aromatic carboxylic acids is 1. The van der Waals surface area contributed by atoms with Gasteiger partial charge in [0.1, 0.15) is 0 Å². The van der Waals surface area contributed by atoms with E-state index in [1.807, 2.05) is 5.32 Å². The van der Waals surface area contributed by atoms with Crippen molar-refractivity contribution >= 4 is 23.3 Å². The zero-order chi connectivity index (χ0) is 14.1. The Kier molecular flexibility index (Phi) is 3.49. The van der Waals surface area contributed by atoms with Crippen LogP contribution in [0.4, 0.5) is 24.5 Å². The van der Waals surface area contributed by atoms with Gasteiger partial charge in [-0.25, -0.2) is 4.79 Å². The molecular formula is C10H9F3N2O3. The van der Waals surface area contributed by atoms with E-state index in [4.69, 9.17) is 10.8 Å². The molecule has 0 saturated heterocycles. The average Bonchev–Trinajstić information content (AvgIpc) is 2.17. The predicted molar refractivity (Wildman–Crippen MR) is 57.1 cm³/mol. The molecule has 0 saturated carbocycles. The summed E-state index contributed by atoms with van der Waals surface area (Å²) >= 11 is 0. The van der Waals surface area contributed by atoms with E-state index in [0.717, 1.165) is 6.92 Å². The van der Waals surface area contributed by atoms with Gasteiger partial charge in [-0.1, -0.05) is 0 Å². The number of hydrogen-bond donors (Lipinski definition) is 3. The number of nitrogens with two attached hydrogens (primary N) is 1. The number of carbonyl (C=O) groups is 2. The van der Waals surface area contributed by atoms with Crippen LogP contribution in [0.1, 0.15) is 22.8 Å². The van der Waals surface area contributed by atoms with Gasteiger partial charge in [-0.3, -0.25) is 4.79 Å². The van der Waals surface area contributed by atoms with Crippen LogP contribution >= 0.6 is 0 Å². The minimum absolute atomic E-state index is 0.448. The highest BCUT2D eigenvalue weighted by molar-refractivity contribution is 6.01. The van der Waals surface area contributed by atoms with Gasteiger partial charge in [0.25, 0.3) is 0 Å². The first-order valence-electron chi connectivity index (χ1n) is 4.64. The number of halogens is 3. The van der Waals surface area contributed by atoms with Crippen molar-refractivity contribution in [1.82, 2.24) is 0 Å².